The lowest BCUT2D eigenvalue weighted by Gasteiger charge is -2.53. The van der Waals surface area contributed by atoms with E-state index in [2.05, 4.69) is 32.6 Å². The third-order valence-electron chi connectivity index (χ3n) is 5.13. The van der Waals surface area contributed by atoms with E-state index in [4.69, 9.17) is 4.74 Å². The van der Waals surface area contributed by atoms with Crippen LogP contribution in [-0.4, -0.2) is 46.1 Å². The number of para-hydroxylation sites is 1. The van der Waals surface area contributed by atoms with Crippen molar-refractivity contribution in [2.24, 2.45) is 0 Å². The van der Waals surface area contributed by atoms with E-state index in [1.807, 2.05) is 12.1 Å². The van der Waals surface area contributed by atoms with Gasteiger partial charge in [-0.05, 0) is 66.0 Å². The van der Waals surface area contributed by atoms with Gasteiger partial charge < -0.3 is 9.84 Å². The number of aliphatic hydroxyl groups is 1. The van der Waals surface area contributed by atoms with Gasteiger partial charge in [0.1, 0.15) is 18.5 Å². The van der Waals surface area contributed by atoms with Crippen LogP contribution < -0.4 is 4.74 Å². The average molecular weight is 333 g/mol. The molecule has 1 aromatic carbocycles. The largest absolute Gasteiger partial charge is 0.490 e. The van der Waals surface area contributed by atoms with E-state index >= 15 is 0 Å². The second kappa shape index (κ2) is 7.24. The van der Waals surface area contributed by atoms with Gasteiger partial charge in [-0.25, -0.2) is 0 Å². The second-order valence-electron chi connectivity index (χ2n) is 8.11. The van der Waals surface area contributed by atoms with Gasteiger partial charge in [0.05, 0.1) is 5.56 Å². The number of aliphatic hydroxyl groups excluding tert-OH is 1. The fourth-order valence-electron chi connectivity index (χ4n) is 3.87. The highest BCUT2D eigenvalue weighted by Gasteiger charge is 2.41. The Kier molecular flexibility index (Phi) is 5.71. The molecule has 2 rings (SSSR count). The molecular weight excluding hydrogens is 302 g/mol. The van der Waals surface area contributed by atoms with Gasteiger partial charge in [0, 0.05) is 17.6 Å². The zero-order valence-corrected chi connectivity index (χ0v) is 15.6. The fraction of sp³-hybridized carbons (Fsp3) is 0.650. The normalized spacial score (nSPS) is 21.2. The van der Waals surface area contributed by atoms with Gasteiger partial charge in [-0.1, -0.05) is 12.1 Å². The smallest absolute Gasteiger partial charge is 0.163 e. The number of hydrogen-bond donors (Lipinski definition) is 1. The van der Waals surface area contributed by atoms with Crippen molar-refractivity contribution in [1.82, 2.24) is 4.90 Å². The van der Waals surface area contributed by atoms with Gasteiger partial charge in [-0.15, -0.1) is 0 Å². The summed E-state index contributed by atoms with van der Waals surface area (Å²) in [6.07, 6.45) is 2.89. The van der Waals surface area contributed by atoms with E-state index in [1.54, 1.807) is 12.1 Å². The zero-order valence-electron chi connectivity index (χ0n) is 15.6. The lowest BCUT2D eigenvalue weighted by atomic mass is 9.79. The molecule has 1 atom stereocenters. The van der Waals surface area contributed by atoms with Crippen LogP contribution in [0.3, 0.4) is 0 Å². The Morgan fingerprint density at radius 3 is 2.38 bits per heavy atom. The number of likely N-dealkylation sites (tertiary alicyclic amines) is 1. The second-order valence-corrected chi connectivity index (χ2v) is 8.11. The van der Waals surface area contributed by atoms with E-state index in [9.17, 15) is 9.90 Å². The predicted molar refractivity (Wildman–Crippen MR) is 96.7 cm³/mol. The lowest BCUT2D eigenvalue weighted by molar-refractivity contribution is -0.0607. The topological polar surface area (TPSA) is 49.8 Å². The zero-order chi connectivity index (χ0) is 18.0. The Labute approximate surface area is 145 Å². The minimum Gasteiger partial charge on any atom is -0.490 e. The summed E-state index contributed by atoms with van der Waals surface area (Å²) < 4.78 is 5.74. The molecule has 1 unspecified atom stereocenters. The maximum absolute atomic E-state index is 11.6. The third-order valence-corrected chi connectivity index (χ3v) is 5.13. The van der Waals surface area contributed by atoms with Gasteiger partial charge in [0.2, 0.25) is 0 Å². The molecule has 0 radical (unpaired) electrons. The molecule has 1 fully saturated rings. The summed E-state index contributed by atoms with van der Waals surface area (Å²) in [6.45, 7) is 11.3. The highest BCUT2D eigenvalue weighted by molar-refractivity contribution is 5.96. The number of piperidine rings is 1. The first-order valence-electron chi connectivity index (χ1n) is 8.82. The number of ether oxygens (including phenoxy) is 1. The first-order valence-corrected chi connectivity index (χ1v) is 8.82. The molecule has 24 heavy (non-hydrogen) atoms. The van der Waals surface area contributed by atoms with E-state index in [0.717, 1.165) is 12.8 Å². The van der Waals surface area contributed by atoms with Crippen molar-refractivity contribution in [3.8, 4) is 5.75 Å². The monoisotopic (exact) mass is 333 g/mol. The molecule has 134 valence electrons. The van der Waals surface area contributed by atoms with Gasteiger partial charge in [0.15, 0.2) is 5.78 Å². The molecule has 0 aliphatic carbocycles. The number of nitrogens with zero attached hydrogens (tertiary/aromatic N) is 1. The Hall–Kier alpha value is -1.39. The van der Waals surface area contributed by atoms with Crippen LogP contribution >= 0.6 is 0 Å². The molecule has 4 heteroatoms. The molecule has 1 aliphatic rings. The molecule has 0 amide bonds. The molecule has 1 aromatic rings. The molecule has 1 heterocycles. The molecule has 0 aromatic heterocycles. The quantitative estimate of drug-likeness (QED) is 0.807. The van der Waals surface area contributed by atoms with Crippen LogP contribution in [0.1, 0.15) is 64.2 Å². The predicted octanol–water partition coefficient (Wildman–Crippen LogP) is 3.67. The van der Waals surface area contributed by atoms with Crippen molar-refractivity contribution in [3.63, 3.8) is 0 Å². The van der Waals surface area contributed by atoms with Crippen LogP contribution in [0.25, 0.3) is 0 Å². The van der Waals surface area contributed by atoms with Crippen molar-refractivity contribution in [2.45, 2.75) is 71.1 Å². The first-order chi connectivity index (χ1) is 11.1. The van der Waals surface area contributed by atoms with Crippen molar-refractivity contribution in [1.29, 1.82) is 0 Å². The maximum Gasteiger partial charge on any atom is 0.163 e. The average Bonchev–Trinajstić information content (AvgIpc) is 2.49. The number of carbonyl (C=O) groups excluding carboxylic acids is 1. The number of rotatable bonds is 6. The molecule has 0 spiro atoms. The summed E-state index contributed by atoms with van der Waals surface area (Å²) in [6, 6.07) is 7.18. The molecule has 4 nitrogen and oxygen atoms in total. The Bertz CT molecular complexity index is 564. The molecule has 1 saturated heterocycles. The number of β-amino-alcohol motifs (C(OH)–C–C–N with tert-alkyl or cyclic N) is 1. The Morgan fingerprint density at radius 1 is 1.21 bits per heavy atom. The Morgan fingerprint density at radius 2 is 1.79 bits per heavy atom. The maximum atomic E-state index is 11.6. The SMILES string of the molecule is CC(=O)c1ccccc1OCC(O)CN1C(C)(C)CCCC1(C)C. The summed E-state index contributed by atoms with van der Waals surface area (Å²) in [5.74, 6) is 0.514. The summed E-state index contributed by atoms with van der Waals surface area (Å²) in [5.41, 5.74) is 0.698. The van der Waals surface area contributed by atoms with Crippen LogP contribution in [-0.2, 0) is 0 Å². The van der Waals surface area contributed by atoms with Crippen LogP contribution in [0.15, 0.2) is 24.3 Å². The van der Waals surface area contributed by atoms with E-state index in [-0.39, 0.29) is 23.5 Å². The number of benzene rings is 1. The van der Waals surface area contributed by atoms with Gasteiger partial charge in [0.25, 0.3) is 0 Å². The van der Waals surface area contributed by atoms with Crippen molar-refractivity contribution in [3.05, 3.63) is 29.8 Å². The molecule has 1 aliphatic heterocycles. The summed E-state index contributed by atoms with van der Waals surface area (Å²) in [4.78, 5) is 14.0. The van der Waals surface area contributed by atoms with Crippen LogP contribution in [0.4, 0.5) is 0 Å². The molecule has 0 saturated carbocycles. The van der Waals surface area contributed by atoms with Crippen molar-refractivity contribution >= 4 is 5.78 Å². The number of hydrogen-bond acceptors (Lipinski definition) is 4. The van der Waals surface area contributed by atoms with Gasteiger partial charge in [-0.3, -0.25) is 9.69 Å². The fourth-order valence-corrected chi connectivity index (χ4v) is 3.87. The molecule has 1 N–H and O–H groups in total. The number of carbonyl (C=O) groups is 1. The highest BCUT2D eigenvalue weighted by atomic mass is 16.5. The lowest BCUT2D eigenvalue weighted by Crippen LogP contribution is -2.60. The van der Waals surface area contributed by atoms with E-state index in [0.29, 0.717) is 17.9 Å². The molecular formula is C20H31NO3. The van der Waals surface area contributed by atoms with E-state index < -0.39 is 6.10 Å². The first kappa shape index (κ1) is 18.9. The van der Waals surface area contributed by atoms with E-state index in [1.165, 1.54) is 13.3 Å². The number of ketones is 1. The van der Waals surface area contributed by atoms with Crippen LogP contribution in [0.2, 0.25) is 0 Å². The third kappa shape index (κ3) is 4.37. The van der Waals surface area contributed by atoms with Gasteiger partial charge >= 0.3 is 0 Å². The standard InChI is InChI=1S/C20H31NO3/c1-15(22)17-9-6-7-10-18(17)24-14-16(23)13-21-19(2,3)11-8-12-20(21,4)5/h6-7,9-10,16,23H,8,11-14H2,1-5H3. The van der Waals surface area contributed by atoms with Crippen LogP contribution in [0.5, 0.6) is 5.75 Å². The minimum absolute atomic E-state index is 0.0293. The number of Topliss-reactive ketones (excluding diaryl/α,β-unsaturated/α-hetero) is 1. The van der Waals surface area contributed by atoms with Crippen molar-refractivity contribution in [2.75, 3.05) is 13.2 Å². The summed E-state index contributed by atoms with van der Waals surface area (Å²) in [7, 11) is 0. The summed E-state index contributed by atoms with van der Waals surface area (Å²) in [5, 5.41) is 10.5. The van der Waals surface area contributed by atoms with Gasteiger partial charge in [-0.2, -0.15) is 0 Å². The van der Waals surface area contributed by atoms with Crippen LogP contribution in [0, 0.1) is 0 Å². The summed E-state index contributed by atoms with van der Waals surface area (Å²) >= 11 is 0. The highest BCUT2D eigenvalue weighted by Crippen LogP contribution is 2.38. The molecule has 0 bridgehead atoms. The van der Waals surface area contributed by atoms with Crippen molar-refractivity contribution < 1.29 is 14.6 Å². The Balaban J connectivity index is 2.00. The minimum atomic E-state index is -0.596.